The van der Waals surface area contributed by atoms with Gasteiger partial charge in [0.25, 0.3) is 5.91 Å². The number of ether oxygens (including phenoxy) is 1. The van der Waals surface area contributed by atoms with E-state index in [1.54, 1.807) is 0 Å². The van der Waals surface area contributed by atoms with Crippen molar-refractivity contribution in [2.45, 2.75) is 46.6 Å². The van der Waals surface area contributed by atoms with Crippen molar-refractivity contribution in [2.24, 2.45) is 5.92 Å². The summed E-state index contributed by atoms with van der Waals surface area (Å²) in [5.41, 5.74) is 5.59. The minimum atomic E-state index is -0.391. The van der Waals surface area contributed by atoms with Gasteiger partial charge in [-0.1, -0.05) is 25.1 Å². The highest BCUT2D eigenvalue weighted by atomic mass is 16.5. The minimum Gasteiger partial charge on any atom is -0.373 e. The summed E-state index contributed by atoms with van der Waals surface area (Å²) in [6, 6.07) is 13.4. The van der Waals surface area contributed by atoms with Crippen molar-refractivity contribution in [3.05, 3.63) is 69.8 Å². The predicted octanol–water partition coefficient (Wildman–Crippen LogP) is 4.86. The van der Waals surface area contributed by atoms with Crippen molar-refractivity contribution in [1.82, 2.24) is 4.90 Å². The zero-order valence-corrected chi connectivity index (χ0v) is 20.0. The Morgan fingerprint density at radius 3 is 2.27 bits per heavy atom. The van der Waals surface area contributed by atoms with Crippen LogP contribution in [0.5, 0.6) is 0 Å². The lowest BCUT2D eigenvalue weighted by molar-refractivity contribution is 0.0601. The van der Waals surface area contributed by atoms with E-state index in [0.717, 1.165) is 16.7 Å². The molecule has 1 atom stereocenters. The van der Waals surface area contributed by atoms with Gasteiger partial charge in [0.15, 0.2) is 0 Å². The number of hydrogen-bond donors (Lipinski definition) is 2. The standard InChI is InChI=1S/C27H32N4O2/c1-16(2)33-15-25(29)19(5)26(30)23-11-24(18(4)10-17(23)3)27(32)31-13-22(14-31)21-8-6-20(12-28)7-9-21/h6-11,16,19,22,29-30H,13-15H2,1-5H3. The van der Waals surface area contributed by atoms with Crippen LogP contribution in [0.2, 0.25) is 0 Å². The second kappa shape index (κ2) is 10.1. The third kappa shape index (κ3) is 5.37. The number of benzene rings is 2. The van der Waals surface area contributed by atoms with E-state index in [4.69, 9.17) is 20.8 Å². The lowest BCUT2D eigenvalue weighted by Crippen LogP contribution is -2.48. The Morgan fingerprint density at radius 1 is 1.09 bits per heavy atom. The molecule has 2 aromatic rings. The molecule has 6 nitrogen and oxygen atoms in total. The normalized spacial score (nSPS) is 14.5. The molecule has 3 rings (SSSR count). The maximum Gasteiger partial charge on any atom is 0.254 e. The van der Waals surface area contributed by atoms with Gasteiger partial charge in [-0.15, -0.1) is 0 Å². The third-order valence-corrected chi connectivity index (χ3v) is 6.30. The largest absolute Gasteiger partial charge is 0.373 e. The van der Waals surface area contributed by atoms with Crippen LogP contribution in [-0.2, 0) is 4.74 Å². The summed E-state index contributed by atoms with van der Waals surface area (Å²) in [7, 11) is 0. The summed E-state index contributed by atoms with van der Waals surface area (Å²) in [5, 5.41) is 26.0. The molecule has 1 aliphatic heterocycles. The second-order valence-electron chi connectivity index (χ2n) is 9.14. The zero-order valence-electron chi connectivity index (χ0n) is 20.0. The van der Waals surface area contributed by atoms with Crippen LogP contribution in [0.4, 0.5) is 0 Å². The summed E-state index contributed by atoms with van der Waals surface area (Å²) >= 11 is 0. The fourth-order valence-electron chi connectivity index (χ4n) is 4.02. The average Bonchev–Trinajstić information content (AvgIpc) is 2.75. The Hall–Kier alpha value is -3.30. The molecule has 2 aromatic carbocycles. The van der Waals surface area contributed by atoms with Crippen LogP contribution in [-0.4, -0.2) is 48.0 Å². The fourth-order valence-corrected chi connectivity index (χ4v) is 4.02. The molecule has 0 aliphatic carbocycles. The lowest BCUT2D eigenvalue weighted by atomic mass is 9.87. The number of aryl methyl sites for hydroxylation is 2. The minimum absolute atomic E-state index is 0.0294. The Labute approximate surface area is 196 Å². The Balaban J connectivity index is 1.73. The molecule has 33 heavy (non-hydrogen) atoms. The number of nitriles is 1. The van der Waals surface area contributed by atoms with Crippen LogP contribution in [0.1, 0.15) is 64.9 Å². The number of likely N-dealkylation sites (tertiary alicyclic amines) is 1. The van der Waals surface area contributed by atoms with Gasteiger partial charge in [-0.25, -0.2) is 0 Å². The summed E-state index contributed by atoms with van der Waals surface area (Å²) in [6.07, 6.45) is 0.0294. The van der Waals surface area contributed by atoms with Gasteiger partial charge in [0, 0.05) is 41.9 Å². The first kappa shape index (κ1) is 24.3. The van der Waals surface area contributed by atoms with Crippen LogP contribution in [0, 0.1) is 41.9 Å². The van der Waals surface area contributed by atoms with Crippen molar-refractivity contribution >= 4 is 17.3 Å². The number of carbonyl (C=O) groups is 1. The molecule has 172 valence electrons. The molecule has 1 aliphatic rings. The number of nitrogens with zero attached hydrogens (tertiary/aromatic N) is 2. The van der Waals surface area contributed by atoms with Gasteiger partial charge in [-0.3, -0.25) is 4.79 Å². The Bertz CT molecular complexity index is 1110. The molecule has 0 spiro atoms. The van der Waals surface area contributed by atoms with Crippen LogP contribution >= 0.6 is 0 Å². The van der Waals surface area contributed by atoms with Crippen LogP contribution < -0.4 is 0 Å². The van der Waals surface area contributed by atoms with Gasteiger partial charge >= 0.3 is 0 Å². The van der Waals surface area contributed by atoms with E-state index in [-0.39, 0.29) is 24.5 Å². The quantitative estimate of drug-likeness (QED) is 0.568. The van der Waals surface area contributed by atoms with E-state index >= 15 is 0 Å². The van der Waals surface area contributed by atoms with Crippen molar-refractivity contribution in [3.63, 3.8) is 0 Å². The molecule has 6 heteroatoms. The first-order chi connectivity index (χ1) is 15.6. The molecule has 0 radical (unpaired) electrons. The molecule has 1 saturated heterocycles. The maximum atomic E-state index is 13.2. The molecule has 1 amide bonds. The summed E-state index contributed by atoms with van der Waals surface area (Å²) in [6.45, 7) is 11.0. The molecule has 1 fully saturated rings. The highest BCUT2D eigenvalue weighted by Crippen LogP contribution is 2.30. The molecular formula is C27H32N4O2. The highest BCUT2D eigenvalue weighted by molar-refractivity contribution is 6.14. The molecule has 2 N–H and O–H groups in total. The van der Waals surface area contributed by atoms with Crippen LogP contribution in [0.15, 0.2) is 36.4 Å². The molecule has 0 saturated carbocycles. The number of nitrogens with one attached hydrogen (secondary N) is 2. The first-order valence-electron chi connectivity index (χ1n) is 11.3. The van der Waals surface area contributed by atoms with E-state index in [1.165, 1.54) is 0 Å². The Morgan fingerprint density at radius 2 is 1.70 bits per heavy atom. The zero-order chi connectivity index (χ0) is 24.3. The third-order valence-electron chi connectivity index (χ3n) is 6.30. The fraction of sp³-hybridized carbons (Fsp3) is 0.407. The molecule has 1 heterocycles. The summed E-state index contributed by atoms with van der Waals surface area (Å²) < 4.78 is 5.54. The van der Waals surface area contributed by atoms with E-state index in [1.807, 2.05) is 75.9 Å². The predicted molar refractivity (Wildman–Crippen MR) is 131 cm³/mol. The number of amides is 1. The van der Waals surface area contributed by atoms with Gasteiger partial charge in [0.05, 0.1) is 24.3 Å². The van der Waals surface area contributed by atoms with Gasteiger partial charge in [0.1, 0.15) is 0 Å². The second-order valence-corrected chi connectivity index (χ2v) is 9.14. The summed E-state index contributed by atoms with van der Waals surface area (Å²) in [4.78, 5) is 15.1. The average molecular weight is 445 g/mol. The molecular weight excluding hydrogens is 412 g/mol. The Kier molecular flexibility index (Phi) is 7.45. The summed E-state index contributed by atoms with van der Waals surface area (Å²) in [5.74, 6) is -0.151. The van der Waals surface area contributed by atoms with Crippen LogP contribution in [0.3, 0.4) is 0 Å². The van der Waals surface area contributed by atoms with Crippen molar-refractivity contribution in [2.75, 3.05) is 19.7 Å². The van der Waals surface area contributed by atoms with E-state index in [9.17, 15) is 4.79 Å². The smallest absolute Gasteiger partial charge is 0.254 e. The van der Waals surface area contributed by atoms with E-state index < -0.39 is 5.92 Å². The monoisotopic (exact) mass is 444 g/mol. The van der Waals surface area contributed by atoms with E-state index in [0.29, 0.717) is 41.2 Å². The van der Waals surface area contributed by atoms with Crippen molar-refractivity contribution in [3.8, 4) is 6.07 Å². The van der Waals surface area contributed by atoms with Gasteiger partial charge < -0.3 is 20.5 Å². The molecule has 1 unspecified atom stereocenters. The van der Waals surface area contributed by atoms with Gasteiger partial charge in [0.2, 0.25) is 0 Å². The van der Waals surface area contributed by atoms with Crippen molar-refractivity contribution < 1.29 is 9.53 Å². The first-order valence-corrected chi connectivity index (χ1v) is 11.3. The highest BCUT2D eigenvalue weighted by Gasteiger charge is 2.33. The maximum absolute atomic E-state index is 13.2. The van der Waals surface area contributed by atoms with Gasteiger partial charge in [-0.05, 0) is 68.1 Å². The number of carbonyl (C=O) groups excluding carboxylic acids is 1. The topological polar surface area (TPSA) is 101 Å². The lowest BCUT2D eigenvalue weighted by Gasteiger charge is -2.40. The SMILES string of the molecule is Cc1cc(C)c(C(=O)N2CC(c3ccc(C#N)cc3)C2)cc1C(=N)C(C)C(=N)COC(C)C. The number of hydrogen-bond acceptors (Lipinski definition) is 5. The van der Waals surface area contributed by atoms with Crippen LogP contribution in [0.25, 0.3) is 0 Å². The molecule has 0 aromatic heterocycles. The number of rotatable bonds is 8. The van der Waals surface area contributed by atoms with Crippen molar-refractivity contribution in [1.29, 1.82) is 16.1 Å². The molecule has 0 bridgehead atoms. The van der Waals surface area contributed by atoms with E-state index in [2.05, 4.69) is 6.07 Å². The van der Waals surface area contributed by atoms with Gasteiger partial charge in [-0.2, -0.15) is 5.26 Å².